The van der Waals surface area contributed by atoms with E-state index >= 15 is 0 Å². The van der Waals surface area contributed by atoms with Gasteiger partial charge >= 0.3 is 0 Å². The molecule has 0 aliphatic carbocycles. The molecular weight excluding hydrogens is 358 g/mol. The number of aliphatic hydroxyl groups excluding tert-OH is 1. The number of anilines is 1. The highest BCUT2D eigenvalue weighted by Crippen LogP contribution is 2.16. The summed E-state index contributed by atoms with van der Waals surface area (Å²) in [5.74, 6) is 0.0482. The Bertz CT molecular complexity index is 922. The van der Waals surface area contributed by atoms with Gasteiger partial charge in [0.1, 0.15) is 6.33 Å². The van der Waals surface area contributed by atoms with Crippen LogP contribution in [0.1, 0.15) is 18.3 Å². The molecule has 0 aliphatic rings. The monoisotopic (exact) mass is 377 g/mol. The Hall–Kier alpha value is -2.92. The van der Waals surface area contributed by atoms with E-state index in [1.165, 1.54) is 23.1 Å². The van der Waals surface area contributed by atoms with E-state index in [-0.39, 0.29) is 17.5 Å². The van der Waals surface area contributed by atoms with Crippen molar-refractivity contribution in [3.05, 3.63) is 48.0 Å². The van der Waals surface area contributed by atoms with E-state index in [2.05, 4.69) is 30.2 Å². The quantitative estimate of drug-likeness (QED) is 0.683. The Morgan fingerprint density at radius 3 is 2.19 bits per heavy atom. The SMILES string of the molecule is CCO.Cc1cc(C)nc(NS(=O)(=O)c2ccc(-n3cnnn3)cc2)n1. The molecule has 0 atom stereocenters. The molecule has 10 nitrogen and oxygen atoms in total. The van der Waals surface area contributed by atoms with Crippen molar-refractivity contribution in [2.45, 2.75) is 25.7 Å². The lowest BCUT2D eigenvalue weighted by molar-refractivity contribution is 0.318. The molecule has 3 aromatic rings. The van der Waals surface area contributed by atoms with Gasteiger partial charge in [0.05, 0.1) is 10.6 Å². The van der Waals surface area contributed by atoms with E-state index in [4.69, 9.17) is 5.11 Å². The maximum Gasteiger partial charge on any atom is 0.264 e. The van der Waals surface area contributed by atoms with Crippen LogP contribution in [0.2, 0.25) is 0 Å². The van der Waals surface area contributed by atoms with Crippen molar-refractivity contribution >= 4 is 16.0 Å². The molecule has 0 aliphatic heterocycles. The second-order valence-corrected chi connectivity index (χ2v) is 6.83. The van der Waals surface area contributed by atoms with Gasteiger partial charge in [-0.1, -0.05) is 0 Å². The largest absolute Gasteiger partial charge is 0.397 e. The minimum absolute atomic E-state index is 0.0482. The van der Waals surface area contributed by atoms with Crippen LogP contribution in [0.5, 0.6) is 0 Å². The van der Waals surface area contributed by atoms with Crippen molar-refractivity contribution in [3.8, 4) is 5.69 Å². The first-order valence-corrected chi connectivity index (χ1v) is 9.13. The summed E-state index contributed by atoms with van der Waals surface area (Å²) in [6.07, 6.45) is 1.42. The van der Waals surface area contributed by atoms with Gasteiger partial charge in [0.15, 0.2) is 0 Å². The first kappa shape index (κ1) is 19.4. The molecular formula is C15H19N7O3S. The molecule has 3 rings (SSSR count). The van der Waals surface area contributed by atoms with E-state index < -0.39 is 10.0 Å². The second kappa shape index (κ2) is 8.45. The van der Waals surface area contributed by atoms with Crippen LogP contribution in [-0.2, 0) is 10.0 Å². The van der Waals surface area contributed by atoms with Gasteiger partial charge in [0, 0.05) is 18.0 Å². The predicted octanol–water partition coefficient (Wildman–Crippen LogP) is 0.869. The fraction of sp³-hybridized carbons (Fsp3) is 0.267. The number of rotatable bonds is 4. The minimum Gasteiger partial charge on any atom is -0.397 e. The van der Waals surface area contributed by atoms with Gasteiger partial charge in [-0.15, -0.1) is 5.10 Å². The molecule has 1 aromatic carbocycles. The van der Waals surface area contributed by atoms with Crippen LogP contribution in [0.15, 0.2) is 41.6 Å². The van der Waals surface area contributed by atoms with Crippen LogP contribution < -0.4 is 4.72 Å². The lowest BCUT2D eigenvalue weighted by Gasteiger charge is -2.08. The summed E-state index contributed by atoms with van der Waals surface area (Å²) in [6, 6.07) is 7.89. The number of hydrogen-bond acceptors (Lipinski definition) is 8. The van der Waals surface area contributed by atoms with Crippen molar-refractivity contribution in [3.63, 3.8) is 0 Å². The highest BCUT2D eigenvalue weighted by Gasteiger charge is 2.16. The summed E-state index contributed by atoms with van der Waals surface area (Å²) in [6.45, 7) is 5.47. The average Bonchev–Trinajstić information content (AvgIpc) is 3.09. The standard InChI is InChI=1S/C13H13N7O2S.C2H6O/c1-9-7-10(2)16-13(15-9)17-23(21,22)12-5-3-11(4-6-12)20-8-14-18-19-20;1-2-3/h3-8H,1-2H3,(H,15,16,17);3H,2H2,1H3. The molecule has 0 unspecified atom stereocenters. The highest BCUT2D eigenvalue weighted by atomic mass is 32.2. The summed E-state index contributed by atoms with van der Waals surface area (Å²) >= 11 is 0. The van der Waals surface area contributed by atoms with Crippen molar-refractivity contribution in [1.29, 1.82) is 0 Å². The number of tetrazole rings is 1. The molecule has 0 amide bonds. The van der Waals surface area contributed by atoms with Gasteiger partial charge in [-0.25, -0.2) is 27.8 Å². The smallest absolute Gasteiger partial charge is 0.264 e. The van der Waals surface area contributed by atoms with Gasteiger partial charge in [0.25, 0.3) is 10.0 Å². The Labute approximate surface area is 151 Å². The van der Waals surface area contributed by atoms with E-state index in [1.807, 2.05) is 0 Å². The zero-order chi connectivity index (χ0) is 19.2. The van der Waals surface area contributed by atoms with Gasteiger partial charge in [-0.3, -0.25) is 0 Å². The van der Waals surface area contributed by atoms with E-state index in [0.29, 0.717) is 17.1 Å². The van der Waals surface area contributed by atoms with Crippen LogP contribution >= 0.6 is 0 Å². The number of nitrogens with one attached hydrogen (secondary N) is 1. The van der Waals surface area contributed by atoms with Crippen LogP contribution in [0.4, 0.5) is 5.95 Å². The minimum atomic E-state index is -3.77. The number of hydrogen-bond donors (Lipinski definition) is 2. The normalized spacial score (nSPS) is 10.8. The average molecular weight is 377 g/mol. The molecule has 2 aromatic heterocycles. The van der Waals surface area contributed by atoms with Crippen LogP contribution in [0.25, 0.3) is 5.69 Å². The third-order valence-corrected chi connectivity index (χ3v) is 4.31. The molecule has 2 N–H and O–H groups in total. The summed E-state index contributed by atoms with van der Waals surface area (Å²) in [4.78, 5) is 8.24. The van der Waals surface area contributed by atoms with Crippen molar-refractivity contribution in [2.24, 2.45) is 0 Å². The zero-order valence-electron chi connectivity index (χ0n) is 14.5. The Balaban J connectivity index is 0.000000758. The Kier molecular flexibility index (Phi) is 6.31. The van der Waals surface area contributed by atoms with E-state index in [0.717, 1.165) is 0 Å². The van der Waals surface area contributed by atoms with Crippen LogP contribution in [-0.4, -0.2) is 50.3 Å². The summed E-state index contributed by atoms with van der Waals surface area (Å²) in [5, 5.41) is 18.4. The maximum absolute atomic E-state index is 12.4. The fourth-order valence-corrected chi connectivity index (χ4v) is 2.95. The van der Waals surface area contributed by atoms with Crippen LogP contribution in [0, 0.1) is 13.8 Å². The second-order valence-electron chi connectivity index (χ2n) is 5.14. The first-order chi connectivity index (χ1) is 12.4. The number of aryl methyl sites for hydroxylation is 2. The van der Waals surface area contributed by atoms with Crippen molar-refractivity contribution < 1.29 is 13.5 Å². The summed E-state index contributed by atoms with van der Waals surface area (Å²) < 4.78 is 28.6. The summed E-state index contributed by atoms with van der Waals surface area (Å²) in [7, 11) is -3.77. The topological polar surface area (TPSA) is 136 Å². The molecule has 0 saturated heterocycles. The van der Waals surface area contributed by atoms with Crippen LogP contribution in [0.3, 0.4) is 0 Å². The molecule has 11 heteroatoms. The number of benzene rings is 1. The number of nitrogens with zero attached hydrogens (tertiary/aromatic N) is 6. The van der Waals surface area contributed by atoms with Crippen molar-refractivity contribution in [2.75, 3.05) is 11.3 Å². The lowest BCUT2D eigenvalue weighted by Crippen LogP contribution is -2.15. The molecule has 0 bridgehead atoms. The molecule has 0 saturated carbocycles. The Morgan fingerprint density at radius 2 is 1.69 bits per heavy atom. The first-order valence-electron chi connectivity index (χ1n) is 7.65. The van der Waals surface area contributed by atoms with E-state index in [9.17, 15) is 8.42 Å². The molecule has 138 valence electrons. The summed E-state index contributed by atoms with van der Waals surface area (Å²) in [5.41, 5.74) is 2.02. The maximum atomic E-state index is 12.4. The van der Waals surface area contributed by atoms with E-state index in [1.54, 1.807) is 39.0 Å². The fourth-order valence-electron chi connectivity index (χ4n) is 2.01. The predicted molar refractivity (Wildman–Crippen MR) is 94.2 cm³/mol. The third-order valence-electron chi connectivity index (χ3n) is 2.97. The lowest BCUT2D eigenvalue weighted by atomic mass is 10.3. The molecule has 2 heterocycles. The highest BCUT2D eigenvalue weighted by molar-refractivity contribution is 7.92. The zero-order valence-corrected chi connectivity index (χ0v) is 15.3. The Morgan fingerprint density at radius 1 is 1.12 bits per heavy atom. The molecule has 0 radical (unpaired) electrons. The number of aliphatic hydroxyl groups is 1. The molecule has 0 fully saturated rings. The van der Waals surface area contributed by atoms with Gasteiger partial charge in [-0.05, 0) is 61.5 Å². The van der Waals surface area contributed by atoms with Gasteiger partial charge < -0.3 is 5.11 Å². The molecule has 0 spiro atoms. The van der Waals surface area contributed by atoms with Gasteiger partial charge in [-0.2, -0.15) is 0 Å². The number of aromatic nitrogens is 6. The van der Waals surface area contributed by atoms with Gasteiger partial charge in [0.2, 0.25) is 5.95 Å². The third kappa shape index (κ3) is 5.04. The number of sulfonamides is 1. The molecule has 26 heavy (non-hydrogen) atoms. The van der Waals surface area contributed by atoms with Crippen molar-refractivity contribution in [1.82, 2.24) is 30.2 Å².